The number of nitrogens with one attached hydrogen (secondary N) is 2. The first-order valence-corrected chi connectivity index (χ1v) is 9.55. The van der Waals surface area contributed by atoms with Gasteiger partial charge in [-0.25, -0.2) is 4.39 Å². The van der Waals surface area contributed by atoms with Gasteiger partial charge in [0, 0.05) is 45.5 Å². The predicted octanol–water partition coefficient (Wildman–Crippen LogP) is 2.16. The van der Waals surface area contributed by atoms with Crippen LogP contribution in [0.4, 0.5) is 4.39 Å². The van der Waals surface area contributed by atoms with E-state index in [0.29, 0.717) is 6.04 Å². The summed E-state index contributed by atoms with van der Waals surface area (Å²) in [5.74, 6) is 0.666. The molecule has 1 aromatic carbocycles. The molecule has 0 atom stereocenters. The first-order chi connectivity index (χ1) is 13.1. The zero-order valence-corrected chi connectivity index (χ0v) is 16.2. The summed E-state index contributed by atoms with van der Waals surface area (Å²) in [6.07, 6.45) is 6.04. The van der Waals surface area contributed by atoms with Gasteiger partial charge in [0.05, 0.1) is 12.7 Å². The average molecular weight is 372 g/mol. The van der Waals surface area contributed by atoms with Crippen molar-refractivity contribution < 1.29 is 4.39 Å². The van der Waals surface area contributed by atoms with Crippen LogP contribution in [0.25, 0.3) is 0 Å². The molecule has 146 valence electrons. The van der Waals surface area contributed by atoms with Crippen LogP contribution >= 0.6 is 0 Å². The van der Waals surface area contributed by atoms with Crippen LogP contribution in [0, 0.1) is 12.7 Å². The summed E-state index contributed by atoms with van der Waals surface area (Å²) < 4.78 is 14.9. The molecule has 1 aromatic heterocycles. The van der Waals surface area contributed by atoms with E-state index in [-0.39, 0.29) is 5.82 Å². The molecule has 3 rings (SSSR count). The summed E-state index contributed by atoms with van der Waals surface area (Å²) in [4.78, 5) is 6.75. The zero-order valence-electron chi connectivity index (χ0n) is 16.2. The predicted molar refractivity (Wildman–Crippen MR) is 106 cm³/mol. The smallest absolute Gasteiger partial charge is 0.191 e. The molecule has 0 radical (unpaired) electrons. The Morgan fingerprint density at radius 1 is 1.26 bits per heavy atom. The first-order valence-electron chi connectivity index (χ1n) is 9.55. The van der Waals surface area contributed by atoms with Crippen LogP contribution in [0.3, 0.4) is 0 Å². The van der Waals surface area contributed by atoms with Gasteiger partial charge in [-0.15, -0.1) is 0 Å². The second-order valence-electron chi connectivity index (χ2n) is 7.10. The van der Waals surface area contributed by atoms with Crippen LogP contribution < -0.4 is 10.6 Å². The number of halogens is 1. The fourth-order valence-electron chi connectivity index (χ4n) is 3.35. The van der Waals surface area contributed by atoms with Gasteiger partial charge >= 0.3 is 0 Å². The van der Waals surface area contributed by atoms with Crippen molar-refractivity contribution in [3.05, 3.63) is 53.6 Å². The monoisotopic (exact) mass is 372 g/mol. The summed E-state index contributed by atoms with van der Waals surface area (Å²) in [5, 5.41) is 11.2. The highest BCUT2D eigenvalue weighted by molar-refractivity contribution is 5.79. The number of likely N-dealkylation sites (tertiary alicyclic amines) is 1. The Morgan fingerprint density at radius 2 is 2.00 bits per heavy atom. The van der Waals surface area contributed by atoms with Gasteiger partial charge in [-0.3, -0.25) is 14.6 Å². The number of aryl methyl sites for hydroxylation is 1. The van der Waals surface area contributed by atoms with Crippen LogP contribution in [0.5, 0.6) is 0 Å². The number of hydrogen-bond donors (Lipinski definition) is 2. The highest BCUT2D eigenvalue weighted by Gasteiger charge is 2.20. The van der Waals surface area contributed by atoms with Gasteiger partial charge < -0.3 is 10.6 Å². The molecule has 0 amide bonds. The van der Waals surface area contributed by atoms with Crippen molar-refractivity contribution in [2.75, 3.05) is 26.7 Å². The van der Waals surface area contributed by atoms with E-state index in [1.54, 1.807) is 7.05 Å². The minimum absolute atomic E-state index is 0.178. The Labute approximate surface area is 160 Å². The van der Waals surface area contributed by atoms with Crippen LogP contribution in [0.15, 0.2) is 41.7 Å². The molecule has 1 aliphatic heterocycles. The van der Waals surface area contributed by atoms with E-state index in [9.17, 15) is 4.39 Å². The number of benzene rings is 1. The Bertz CT molecular complexity index is 731. The number of aliphatic imine (C=N–C) groups is 1. The molecule has 1 fully saturated rings. The molecule has 2 aromatic rings. The molecule has 0 bridgehead atoms. The van der Waals surface area contributed by atoms with Gasteiger partial charge in [-0.1, -0.05) is 12.1 Å². The van der Waals surface area contributed by atoms with Crippen molar-refractivity contribution in [3.8, 4) is 0 Å². The van der Waals surface area contributed by atoms with Crippen molar-refractivity contribution in [2.24, 2.45) is 4.99 Å². The molecule has 7 heteroatoms. The van der Waals surface area contributed by atoms with Crippen LogP contribution in [-0.2, 0) is 13.1 Å². The molecule has 27 heavy (non-hydrogen) atoms. The summed E-state index contributed by atoms with van der Waals surface area (Å²) in [7, 11) is 1.80. The zero-order chi connectivity index (χ0) is 19.1. The second kappa shape index (κ2) is 9.50. The van der Waals surface area contributed by atoms with E-state index < -0.39 is 0 Å². The van der Waals surface area contributed by atoms with Crippen LogP contribution in [0.2, 0.25) is 0 Å². The minimum Gasteiger partial charge on any atom is -0.355 e. The van der Waals surface area contributed by atoms with E-state index in [4.69, 9.17) is 0 Å². The Kier molecular flexibility index (Phi) is 6.81. The fourth-order valence-corrected chi connectivity index (χ4v) is 3.35. The summed E-state index contributed by atoms with van der Waals surface area (Å²) >= 11 is 0. The molecule has 2 heterocycles. The van der Waals surface area contributed by atoms with Gasteiger partial charge in [0.1, 0.15) is 5.82 Å². The van der Waals surface area contributed by atoms with E-state index in [2.05, 4.69) is 25.6 Å². The minimum atomic E-state index is -0.178. The van der Waals surface area contributed by atoms with Gasteiger partial charge in [0.2, 0.25) is 0 Å². The van der Waals surface area contributed by atoms with Crippen molar-refractivity contribution >= 4 is 5.96 Å². The molecule has 0 aliphatic carbocycles. The van der Waals surface area contributed by atoms with Gasteiger partial charge in [0.15, 0.2) is 5.96 Å². The van der Waals surface area contributed by atoms with E-state index in [1.807, 2.05) is 36.1 Å². The molecule has 2 N–H and O–H groups in total. The topological polar surface area (TPSA) is 57.5 Å². The number of guanidine groups is 1. The van der Waals surface area contributed by atoms with E-state index >= 15 is 0 Å². The summed E-state index contributed by atoms with van der Waals surface area (Å²) in [6.45, 7) is 6.56. The third-order valence-corrected chi connectivity index (χ3v) is 4.87. The number of rotatable bonds is 6. The number of hydrogen-bond acceptors (Lipinski definition) is 3. The van der Waals surface area contributed by atoms with Gasteiger partial charge in [-0.2, -0.15) is 5.10 Å². The van der Waals surface area contributed by atoms with Gasteiger partial charge in [-0.05, 0) is 43.0 Å². The van der Waals surface area contributed by atoms with Crippen molar-refractivity contribution in [1.29, 1.82) is 0 Å². The standard InChI is InChI=1S/C20H29FN6/c1-16-13-24-27(14-16)12-9-23-20(22-2)25-19-7-10-26(11-8-19)15-17-3-5-18(21)6-4-17/h3-6,13-14,19H,7-12,15H2,1-2H3,(H2,22,23,25). The number of nitrogens with zero attached hydrogens (tertiary/aromatic N) is 4. The summed E-state index contributed by atoms with van der Waals surface area (Å²) in [5.41, 5.74) is 2.33. The quantitative estimate of drug-likeness (QED) is 0.603. The number of aromatic nitrogens is 2. The Morgan fingerprint density at radius 3 is 2.63 bits per heavy atom. The molecule has 1 aliphatic rings. The van der Waals surface area contributed by atoms with Crippen molar-refractivity contribution in [2.45, 2.75) is 38.9 Å². The van der Waals surface area contributed by atoms with Gasteiger partial charge in [0.25, 0.3) is 0 Å². The normalized spacial score (nSPS) is 16.5. The maximum atomic E-state index is 13.0. The lowest BCUT2D eigenvalue weighted by atomic mass is 10.0. The van der Waals surface area contributed by atoms with Crippen LogP contribution in [0.1, 0.15) is 24.0 Å². The highest BCUT2D eigenvalue weighted by atomic mass is 19.1. The van der Waals surface area contributed by atoms with E-state index in [0.717, 1.165) is 57.1 Å². The average Bonchev–Trinajstić information content (AvgIpc) is 3.09. The largest absolute Gasteiger partial charge is 0.355 e. The third-order valence-electron chi connectivity index (χ3n) is 4.87. The lowest BCUT2D eigenvalue weighted by Crippen LogP contribution is -2.49. The lowest BCUT2D eigenvalue weighted by molar-refractivity contribution is 0.198. The van der Waals surface area contributed by atoms with E-state index in [1.165, 1.54) is 17.7 Å². The highest BCUT2D eigenvalue weighted by Crippen LogP contribution is 2.14. The molecular formula is C20H29FN6. The fraction of sp³-hybridized carbons (Fsp3) is 0.500. The molecule has 0 saturated carbocycles. The lowest BCUT2D eigenvalue weighted by Gasteiger charge is -2.33. The third kappa shape index (κ3) is 6.06. The Balaban J connectivity index is 1.37. The Hall–Kier alpha value is -2.41. The maximum absolute atomic E-state index is 13.0. The van der Waals surface area contributed by atoms with Crippen LogP contribution in [-0.4, -0.2) is 53.4 Å². The first kappa shape index (κ1) is 19.4. The second-order valence-corrected chi connectivity index (χ2v) is 7.10. The molecular weight excluding hydrogens is 343 g/mol. The molecule has 0 spiro atoms. The van der Waals surface area contributed by atoms with Crippen molar-refractivity contribution in [1.82, 2.24) is 25.3 Å². The van der Waals surface area contributed by atoms with Crippen molar-refractivity contribution in [3.63, 3.8) is 0 Å². The SMILES string of the molecule is CN=C(NCCn1cc(C)cn1)NC1CCN(Cc2ccc(F)cc2)CC1. The summed E-state index contributed by atoms with van der Waals surface area (Å²) in [6, 6.07) is 7.22. The molecule has 1 saturated heterocycles. The molecule has 0 unspecified atom stereocenters. The maximum Gasteiger partial charge on any atom is 0.191 e. The number of piperidine rings is 1. The molecule has 6 nitrogen and oxygen atoms in total.